The standard InChI is InChI=1S/C26H25N7O/c1-2-4-19(5-3-1)10-13-32-14-15-34-25(18-32)24-17-33(31-29-24)21-6-7-23-22(16-21)26(30-28-23)20-8-11-27-12-9-20/h1-9,11-12,16-17,25H,10,13-15,18H2,(H,28,30). The fraction of sp³-hybridized carbons (Fsp3) is 0.231. The molecule has 2 aromatic carbocycles. The Bertz CT molecular complexity index is 1380. The van der Waals surface area contributed by atoms with Crippen molar-refractivity contribution in [1.29, 1.82) is 0 Å². The van der Waals surface area contributed by atoms with Crippen LogP contribution in [0, 0.1) is 0 Å². The number of rotatable bonds is 6. The van der Waals surface area contributed by atoms with Crippen LogP contribution < -0.4 is 0 Å². The van der Waals surface area contributed by atoms with Gasteiger partial charge >= 0.3 is 0 Å². The van der Waals surface area contributed by atoms with Gasteiger partial charge in [-0.15, -0.1) is 5.10 Å². The Kier molecular flexibility index (Phi) is 5.58. The number of benzene rings is 2. The topological polar surface area (TPSA) is 84.8 Å². The number of nitrogens with one attached hydrogen (secondary N) is 1. The number of morpholine rings is 1. The number of fused-ring (bicyclic) bond motifs is 1. The van der Waals surface area contributed by atoms with Crippen molar-refractivity contribution in [3.05, 3.63) is 90.5 Å². The average Bonchev–Trinajstić information content (AvgIpc) is 3.56. The summed E-state index contributed by atoms with van der Waals surface area (Å²) in [6, 6.07) is 20.6. The molecule has 1 aliphatic rings. The Morgan fingerprint density at radius 2 is 1.91 bits per heavy atom. The second kappa shape index (κ2) is 9.17. The monoisotopic (exact) mass is 451 g/mol. The summed E-state index contributed by atoms with van der Waals surface area (Å²) in [7, 11) is 0. The van der Waals surface area contributed by atoms with E-state index in [1.165, 1.54) is 5.56 Å². The normalized spacial score (nSPS) is 16.8. The zero-order valence-corrected chi connectivity index (χ0v) is 18.7. The van der Waals surface area contributed by atoms with Crippen molar-refractivity contribution in [1.82, 2.24) is 35.1 Å². The molecule has 170 valence electrons. The molecule has 1 unspecified atom stereocenters. The Labute approximate surface area is 197 Å². The molecule has 0 saturated carbocycles. The maximum atomic E-state index is 6.05. The van der Waals surface area contributed by atoms with Crippen LogP contribution in [-0.2, 0) is 11.2 Å². The molecule has 4 heterocycles. The third-order valence-corrected chi connectivity index (χ3v) is 6.32. The molecule has 5 aromatic rings. The lowest BCUT2D eigenvalue weighted by molar-refractivity contribution is -0.0317. The van der Waals surface area contributed by atoms with Crippen molar-refractivity contribution in [2.75, 3.05) is 26.2 Å². The lowest BCUT2D eigenvalue weighted by atomic mass is 10.1. The molecular formula is C26H25N7O. The minimum absolute atomic E-state index is 0.0803. The largest absolute Gasteiger partial charge is 0.369 e. The molecule has 1 saturated heterocycles. The van der Waals surface area contributed by atoms with Crippen molar-refractivity contribution in [2.45, 2.75) is 12.5 Å². The molecule has 0 radical (unpaired) electrons. The molecule has 6 rings (SSSR count). The van der Waals surface area contributed by atoms with Gasteiger partial charge in [-0.2, -0.15) is 5.10 Å². The molecule has 1 N–H and O–H groups in total. The number of nitrogens with zero attached hydrogens (tertiary/aromatic N) is 6. The first kappa shape index (κ1) is 20.7. The van der Waals surface area contributed by atoms with E-state index in [1.807, 2.05) is 35.1 Å². The summed E-state index contributed by atoms with van der Waals surface area (Å²) in [6.45, 7) is 3.46. The first-order valence-corrected chi connectivity index (χ1v) is 11.5. The molecule has 1 atom stereocenters. The summed E-state index contributed by atoms with van der Waals surface area (Å²) in [4.78, 5) is 6.55. The maximum absolute atomic E-state index is 6.05. The molecule has 0 amide bonds. The zero-order chi connectivity index (χ0) is 22.7. The first-order chi connectivity index (χ1) is 16.8. The predicted octanol–water partition coefficient (Wildman–Crippen LogP) is 3.82. The van der Waals surface area contributed by atoms with Crippen LogP contribution in [0.4, 0.5) is 0 Å². The second-order valence-corrected chi connectivity index (χ2v) is 8.52. The number of pyridine rings is 1. The van der Waals surface area contributed by atoms with E-state index in [0.29, 0.717) is 6.61 Å². The van der Waals surface area contributed by atoms with Crippen molar-refractivity contribution < 1.29 is 4.74 Å². The van der Waals surface area contributed by atoms with Gasteiger partial charge in [-0.25, -0.2) is 4.68 Å². The van der Waals surface area contributed by atoms with E-state index in [1.54, 1.807) is 12.4 Å². The van der Waals surface area contributed by atoms with Crippen LogP contribution in [0.5, 0.6) is 0 Å². The average molecular weight is 452 g/mol. The van der Waals surface area contributed by atoms with Crippen LogP contribution in [0.3, 0.4) is 0 Å². The van der Waals surface area contributed by atoms with Crippen molar-refractivity contribution in [3.63, 3.8) is 0 Å². The van der Waals surface area contributed by atoms with E-state index >= 15 is 0 Å². The summed E-state index contributed by atoms with van der Waals surface area (Å²) in [6.07, 6.45) is 6.47. The second-order valence-electron chi connectivity index (χ2n) is 8.52. The van der Waals surface area contributed by atoms with Crippen LogP contribution in [0.2, 0.25) is 0 Å². The third kappa shape index (κ3) is 4.21. The Morgan fingerprint density at radius 1 is 1.03 bits per heavy atom. The van der Waals surface area contributed by atoms with E-state index in [9.17, 15) is 0 Å². The van der Waals surface area contributed by atoms with E-state index in [0.717, 1.165) is 59.6 Å². The summed E-state index contributed by atoms with van der Waals surface area (Å²) >= 11 is 0. The fourth-order valence-electron chi connectivity index (χ4n) is 4.44. The van der Waals surface area contributed by atoms with Gasteiger partial charge in [0, 0.05) is 43.0 Å². The van der Waals surface area contributed by atoms with Crippen LogP contribution in [-0.4, -0.2) is 61.3 Å². The van der Waals surface area contributed by atoms with Gasteiger partial charge in [-0.3, -0.25) is 15.0 Å². The van der Waals surface area contributed by atoms with Crippen molar-refractivity contribution in [2.24, 2.45) is 0 Å². The highest BCUT2D eigenvalue weighted by Crippen LogP contribution is 2.28. The minimum atomic E-state index is -0.0803. The van der Waals surface area contributed by atoms with Crippen LogP contribution in [0.1, 0.15) is 17.4 Å². The third-order valence-electron chi connectivity index (χ3n) is 6.32. The van der Waals surface area contributed by atoms with Crippen molar-refractivity contribution in [3.8, 4) is 16.9 Å². The highest BCUT2D eigenvalue weighted by Gasteiger charge is 2.24. The van der Waals surface area contributed by atoms with Crippen molar-refractivity contribution >= 4 is 10.9 Å². The highest BCUT2D eigenvalue weighted by molar-refractivity contribution is 5.94. The minimum Gasteiger partial charge on any atom is -0.369 e. The lowest BCUT2D eigenvalue weighted by Crippen LogP contribution is -2.39. The highest BCUT2D eigenvalue weighted by atomic mass is 16.5. The van der Waals surface area contributed by atoms with Gasteiger partial charge in [0.2, 0.25) is 0 Å². The Morgan fingerprint density at radius 3 is 2.79 bits per heavy atom. The quantitative estimate of drug-likeness (QED) is 0.423. The van der Waals surface area contributed by atoms with Gasteiger partial charge in [0.1, 0.15) is 17.5 Å². The molecule has 3 aromatic heterocycles. The molecule has 0 bridgehead atoms. The number of hydrogen-bond donors (Lipinski definition) is 1. The molecule has 8 nitrogen and oxygen atoms in total. The predicted molar refractivity (Wildman–Crippen MR) is 130 cm³/mol. The van der Waals surface area contributed by atoms with E-state index in [-0.39, 0.29) is 6.10 Å². The van der Waals surface area contributed by atoms with Crippen LogP contribution in [0.15, 0.2) is 79.3 Å². The molecule has 1 aliphatic heterocycles. The number of aromatic nitrogens is 6. The number of hydrogen-bond acceptors (Lipinski definition) is 6. The van der Waals surface area contributed by atoms with Gasteiger partial charge < -0.3 is 4.74 Å². The summed E-state index contributed by atoms with van der Waals surface area (Å²) in [5.41, 5.74) is 6.02. The number of H-pyrrole nitrogens is 1. The maximum Gasteiger partial charge on any atom is 0.116 e. The molecular weight excluding hydrogens is 426 g/mol. The SMILES string of the molecule is c1ccc(CCN2CCOC(c3cn(-c4ccc5[nH]nc(-c6ccncc6)c5c4)nn3)C2)cc1. The Balaban J connectivity index is 1.19. The van der Waals surface area contributed by atoms with E-state index in [2.05, 4.69) is 66.8 Å². The fourth-order valence-corrected chi connectivity index (χ4v) is 4.44. The molecule has 1 fully saturated rings. The molecule has 0 spiro atoms. The number of aromatic amines is 1. The van der Waals surface area contributed by atoms with Gasteiger partial charge in [0.05, 0.1) is 24.0 Å². The number of ether oxygens (including phenoxy) is 1. The van der Waals surface area contributed by atoms with E-state index in [4.69, 9.17) is 4.74 Å². The summed E-state index contributed by atoms with van der Waals surface area (Å²) < 4.78 is 7.86. The molecule has 8 heteroatoms. The van der Waals surface area contributed by atoms with Crippen LogP contribution in [0.25, 0.3) is 27.8 Å². The van der Waals surface area contributed by atoms with Gasteiger partial charge in [0.15, 0.2) is 0 Å². The zero-order valence-electron chi connectivity index (χ0n) is 18.7. The molecule has 34 heavy (non-hydrogen) atoms. The lowest BCUT2D eigenvalue weighted by Gasteiger charge is -2.31. The van der Waals surface area contributed by atoms with Gasteiger partial charge in [0.25, 0.3) is 0 Å². The first-order valence-electron chi connectivity index (χ1n) is 11.5. The molecule has 0 aliphatic carbocycles. The smallest absolute Gasteiger partial charge is 0.116 e. The summed E-state index contributed by atoms with van der Waals surface area (Å²) in [5.74, 6) is 0. The Hall–Kier alpha value is -3.88. The van der Waals surface area contributed by atoms with Gasteiger partial charge in [-0.05, 0) is 42.3 Å². The summed E-state index contributed by atoms with van der Waals surface area (Å²) in [5, 5.41) is 17.5. The van der Waals surface area contributed by atoms with E-state index < -0.39 is 0 Å². The van der Waals surface area contributed by atoms with Gasteiger partial charge in [-0.1, -0.05) is 35.5 Å². The van der Waals surface area contributed by atoms with Crippen LogP contribution >= 0.6 is 0 Å².